The third kappa shape index (κ3) is 2.63. The number of hydrogen-bond acceptors (Lipinski definition) is 3. The maximum atomic E-state index is 11.6. The van der Waals surface area contributed by atoms with Gasteiger partial charge in [0.25, 0.3) is 0 Å². The Hall–Kier alpha value is -0.610. The number of carboxylic acid groups (broad SMARTS) is 1. The van der Waals surface area contributed by atoms with Crippen molar-refractivity contribution >= 4 is 5.97 Å². The molecule has 2 aliphatic rings. The summed E-state index contributed by atoms with van der Waals surface area (Å²) in [4.78, 5) is 14.0. The maximum Gasteiger partial charge on any atom is 0.323 e. The number of carbonyl (C=O) groups is 1. The van der Waals surface area contributed by atoms with Crippen LogP contribution in [0, 0.1) is 0 Å². The van der Waals surface area contributed by atoms with E-state index in [1.54, 1.807) is 0 Å². The number of likely N-dealkylation sites (tertiary alicyclic amines) is 1. The molecule has 2 rings (SSSR count). The Morgan fingerprint density at radius 3 is 2.88 bits per heavy atom. The van der Waals surface area contributed by atoms with Crippen LogP contribution in [0.25, 0.3) is 0 Å². The van der Waals surface area contributed by atoms with Gasteiger partial charge in [-0.3, -0.25) is 4.79 Å². The first-order valence-corrected chi connectivity index (χ1v) is 6.90. The van der Waals surface area contributed by atoms with Crippen LogP contribution in [0.2, 0.25) is 0 Å². The van der Waals surface area contributed by atoms with Crippen LogP contribution in [0.5, 0.6) is 0 Å². The number of piperidine rings is 1. The van der Waals surface area contributed by atoms with Gasteiger partial charge in [0.05, 0.1) is 0 Å². The van der Waals surface area contributed by atoms with Gasteiger partial charge in [0.1, 0.15) is 5.54 Å². The summed E-state index contributed by atoms with van der Waals surface area (Å²) in [6, 6.07) is 0.460. The van der Waals surface area contributed by atoms with Gasteiger partial charge in [-0.15, -0.1) is 0 Å². The number of aliphatic carboxylic acids is 1. The second-order valence-corrected chi connectivity index (χ2v) is 5.40. The second kappa shape index (κ2) is 5.36. The molecule has 2 N–H and O–H groups in total. The predicted octanol–water partition coefficient (Wildman–Crippen LogP) is 1.46. The first kappa shape index (κ1) is 12.8. The van der Waals surface area contributed by atoms with E-state index in [2.05, 4.69) is 17.1 Å². The zero-order valence-electron chi connectivity index (χ0n) is 10.7. The molecule has 0 aromatic rings. The molecule has 0 radical (unpaired) electrons. The van der Waals surface area contributed by atoms with E-state index in [0.717, 1.165) is 51.7 Å². The molecule has 4 nitrogen and oxygen atoms in total. The molecule has 2 fully saturated rings. The van der Waals surface area contributed by atoms with Crippen LogP contribution in [-0.2, 0) is 4.79 Å². The molecule has 2 heterocycles. The Morgan fingerprint density at radius 2 is 2.29 bits per heavy atom. The Morgan fingerprint density at radius 1 is 1.47 bits per heavy atom. The SMILES string of the molecule is CCN1CCCC1CC1(C(=O)O)CCCCN1. The normalized spacial score (nSPS) is 35.0. The van der Waals surface area contributed by atoms with Gasteiger partial charge in [0.15, 0.2) is 0 Å². The van der Waals surface area contributed by atoms with Crippen molar-refractivity contribution in [3.63, 3.8) is 0 Å². The van der Waals surface area contributed by atoms with Crippen LogP contribution < -0.4 is 5.32 Å². The third-order valence-corrected chi connectivity index (χ3v) is 4.39. The highest BCUT2D eigenvalue weighted by atomic mass is 16.4. The van der Waals surface area contributed by atoms with Crippen LogP contribution in [0.1, 0.15) is 45.4 Å². The number of rotatable bonds is 4. The molecule has 0 saturated carbocycles. The van der Waals surface area contributed by atoms with Gasteiger partial charge in [-0.25, -0.2) is 0 Å². The van der Waals surface area contributed by atoms with E-state index in [0.29, 0.717) is 6.04 Å². The number of hydrogen-bond donors (Lipinski definition) is 2. The van der Waals surface area contributed by atoms with E-state index in [4.69, 9.17) is 0 Å². The van der Waals surface area contributed by atoms with Crippen molar-refractivity contribution in [2.45, 2.75) is 57.0 Å². The molecule has 17 heavy (non-hydrogen) atoms. The minimum Gasteiger partial charge on any atom is -0.480 e. The lowest BCUT2D eigenvalue weighted by Gasteiger charge is -2.38. The van der Waals surface area contributed by atoms with Crippen LogP contribution in [0.3, 0.4) is 0 Å². The van der Waals surface area contributed by atoms with Crippen molar-refractivity contribution in [3.05, 3.63) is 0 Å². The summed E-state index contributed by atoms with van der Waals surface area (Å²) in [5.74, 6) is -0.653. The number of carboxylic acids is 1. The van der Waals surface area contributed by atoms with Crippen molar-refractivity contribution in [1.29, 1.82) is 0 Å². The van der Waals surface area contributed by atoms with E-state index in [9.17, 15) is 9.90 Å². The molecule has 0 amide bonds. The van der Waals surface area contributed by atoms with Gasteiger partial charge >= 0.3 is 5.97 Å². The van der Waals surface area contributed by atoms with Crippen LogP contribution in [-0.4, -0.2) is 47.2 Å². The fourth-order valence-electron chi connectivity index (χ4n) is 3.36. The lowest BCUT2D eigenvalue weighted by Crippen LogP contribution is -2.57. The van der Waals surface area contributed by atoms with Crippen LogP contribution in [0.15, 0.2) is 0 Å². The molecule has 2 unspecified atom stereocenters. The van der Waals surface area contributed by atoms with E-state index in [1.165, 1.54) is 6.42 Å². The Labute approximate surface area is 103 Å². The largest absolute Gasteiger partial charge is 0.480 e. The fourth-order valence-corrected chi connectivity index (χ4v) is 3.36. The van der Waals surface area contributed by atoms with Gasteiger partial charge in [-0.05, 0) is 58.2 Å². The smallest absolute Gasteiger partial charge is 0.323 e. The van der Waals surface area contributed by atoms with Gasteiger partial charge in [0.2, 0.25) is 0 Å². The molecule has 4 heteroatoms. The van der Waals surface area contributed by atoms with E-state index in [-0.39, 0.29) is 0 Å². The molecule has 0 bridgehead atoms. The number of nitrogens with zero attached hydrogens (tertiary/aromatic N) is 1. The topological polar surface area (TPSA) is 52.6 Å². The Balaban J connectivity index is 2.04. The molecular weight excluding hydrogens is 216 g/mol. The average molecular weight is 240 g/mol. The third-order valence-electron chi connectivity index (χ3n) is 4.39. The van der Waals surface area contributed by atoms with Crippen molar-refractivity contribution in [3.8, 4) is 0 Å². The van der Waals surface area contributed by atoms with E-state index >= 15 is 0 Å². The predicted molar refractivity (Wildman–Crippen MR) is 67.1 cm³/mol. The zero-order chi connectivity index (χ0) is 12.3. The molecule has 2 atom stereocenters. The lowest BCUT2D eigenvalue weighted by molar-refractivity contribution is -0.147. The Bertz CT molecular complexity index is 275. The quantitative estimate of drug-likeness (QED) is 0.781. The van der Waals surface area contributed by atoms with Crippen molar-refractivity contribution < 1.29 is 9.90 Å². The number of nitrogens with one attached hydrogen (secondary N) is 1. The maximum absolute atomic E-state index is 11.6. The second-order valence-electron chi connectivity index (χ2n) is 5.40. The summed E-state index contributed by atoms with van der Waals surface area (Å²) < 4.78 is 0. The van der Waals surface area contributed by atoms with Crippen molar-refractivity contribution in [1.82, 2.24) is 10.2 Å². The summed E-state index contributed by atoms with van der Waals surface area (Å²) in [5, 5.41) is 12.8. The standard InChI is InChI=1S/C13H24N2O2/c1-2-15-9-5-6-11(15)10-13(12(16)17)7-3-4-8-14-13/h11,14H,2-10H2,1H3,(H,16,17). The Kier molecular flexibility index (Phi) is 4.05. The van der Waals surface area contributed by atoms with Gasteiger partial charge < -0.3 is 15.3 Å². The lowest BCUT2D eigenvalue weighted by atomic mass is 9.82. The highest BCUT2D eigenvalue weighted by Gasteiger charge is 2.43. The molecule has 2 aliphatic heterocycles. The molecule has 2 saturated heterocycles. The van der Waals surface area contributed by atoms with Crippen LogP contribution >= 0.6 is 0 Å². The first-order chi connectivity index (χ1) is 8.18. The van der Waals surface area contributed by atoms with Gasteiger partial charge in [-0.2, -0.15) is 0 Å². The van der Waals surface area contributed by atoms with Gasteiger partial charge in [0, 0.05) is 6.04 Å². The molecule has 0 spiro atoms. The van der Waals surface area contributed by atoms with Crippen LogP contribution in [0.4, 0.5) is 0 Å². The minimum atomic E-state index is -0.653. The first-order valence-electron chi connectivity index (χ1n) is 6.90. The molecule has 0 aromatic heterocycles. The highest BCUT2D eigenvalue weighted by Crippen LogP contribution is 2.30. The van der Waals surface area contributed by atoms with Crippen molar-refractivity contribution in [2.75, 3.05) is 19.6 Å². The van der Waals surface area contributed by atoms with Crippen molar-refractivity contribution in [2.24, 2.45) is 0 Å². The molecule has 98 valence electrons. The zero-order valence-corrected chi connectivity index (χ0v) is 10.7. The molecular formula is C13H24N2O2. The molecule has 0 aliphatic carbocycles. The van der Waals surface area contributed by atoms with E-state index in [1.807, 2.05) is 0 Å². The summed E-state index contributed by atoms with van der Waals surface area (Å²) in [6.07, 6.45) is 6.08. The summed E-state index contributed by atoms with van der Waals surface area (Å²) in [5.41, 5.74) is -0.652. The fraction of sp³-hybridized carbons (Fsp3) is 0.923. The van der Waals surface area contributed by atoms with E-state index < -0.39 is 11.5 Å². The summed E-state index contributed by atoms with van der Waals surface area (Å²) in [7, 11) is 0. The highest BCUT2D eigenvalue weighted by molar-refractivity contribution is 5.79. The minimum absolute atomic E-state index is 0.460. The molecule has 0 aromatic carbocycles. The summed E-state index contributed by atoms with van der Waals surface area (Å²) >= 11 is 0. The summed E-state index contributed by atoms with van der Waals surface area (Å²) in [6.45, 7) is 5.20. The average Bonchev–Trinajstić information content (AvgIpc) is 2.77. The monoisotopic (exact) mass is 240 g/mol. The van der Waals surface area contributed by atoms with Gasteiger partial charge in [-0.1, -0.05) is 6.92 Å².